The fraction of sp³-hybridized carbons (Fsp3) is 0.625. The first-order valence-electron chi connectivity index (χ1n) is 7.17. The van der Waals surface area contributed by atoms with Gasteiger partial charge >= 0.3 is 0 Å². The number of benzene rings is 1. The van der Waals surface area contributed by atoms with Crippen LogP contribution in [0.1, 0.15) is 51.2 Å². The maximum atomic E-state index is 13.3. The van der Waals surface area contributed by atoms with Gasteiger partial charge in [0.15, 0.2) is 0 Å². The van der Waals surface area contributed by atoms with Crippen molar-refractivity contribution in [3.8, 4) is 5.75 Å². The number of aliphatic hydroxyl groups excluding tert-OH is 1. The van der Waals surface area contributed by atoms with Crippen molar-refractivity contribution in [1.29, 1.82) is 0 Å². The highest BCUT2D eigenvalue weighted by Gasteiger charge is 2.47. The molecule has 1 heterocycles. The lowest BCUT2D eigenvalue weighted by molar-refractivity contribution is -0.0803. The highest BCUT2D eigenvalue weighted by molar-refractivity contribution is 5.38. The molecule has 1 saturated carbocycles. The maximum absolute atomic E-state index is 13.3. The Kier molecular flexibility index (Phi) is 3.05. The van der Waals surface area contributed by atoms with E-state index in [1.165, 1.54) is 12.1 Å². The Hall–Kier alpha value is -1.09. The van der Waals surface area contributed by atoms with E-state index in [4.69, 9.17) is 4.74 Å². The number of hydrogen-bond acceptors (Lipinski definition) is 2. The molecule has 1 spiro atoms. The predicted molar refractivity (Wildman–Crippen MR) is 71.5 cm³/mol. The summed E-state index contributed by atoms with van der Waals surface area (Å²) >= 11 is 0. The van der Waals surface area contributed by atoms with Gasteiger partial charge in [-0.3, -0.25) is 0 Å². The number of fused-ring (bicyclic) bond motifs is 1. The summed E-state index contributed by atoms with van der Waals surface area (Å²) < 4.78 is 19.5. The van der Waals surface area contributed by atoms with Crippen LogP contribution in [0.15, 0.2) is 18.2 Å². The summed E-state index contributed by atoms with van der Waals surface area (Å²) in [5.74, 6) is 1.48. The van der Waals surface area contributed by atoms with Gasteiger partial charge in [-0.15, -0.1) is 0 Å². The summed E-state index contributed by atoms with van der Waals surface area (Å²) in [6.45, 7) is 4.48. The molecule has 19 heavy (non-hydrogen) atoms. The third-order valence-electron chi connectivity index (χ3n) is 4.90. The van der Waals surface area contributed by atoms with E-state index >= 15 is 0 Å². The molecular formula is C16H21FO2. The summed E-state index contributed by atoms with van der Waals surface area (Å²) in [5.41, 5.74) is 0.327. The molecule has 104 valence electrons. The number of ether oxygens (including phenoxy) is 1. The predicted octanol–water partition coefficient (Wildman–Crippen LogP) is 3.84. The first-order valence-corrected chi connectivity index (χ1v) is 7.17. The van der Waals surface area contributed by atoms with Crippen LogP contribution in [-0.4, -0.2) is 10.7 Å². The molecule has 0 amide bonds. The highest BCUT2D eigenvalue weighted by atomic mass is 19.1. The zero-order chi connectivity index (χ0) is 13.6. The van der Waals surface area contributed by atoms with Gasteiger partial charge in [0.1, 0.15) is 17.2 Å². The summed E-state index contributed by atoms with van der Waals surface area (Å²) in [7, 11) is 0. The zero-order valence-corrected chi connectivity index (χ0v) is 11.5. The van der Waals surface area contributed by atoms with Gasteiger partial charge in [-0.1, -0.05) is 13.8 Å². The van der Waals surface area contributed by atoms with Crippen molar-refractivity contribution in [3.63, 3.8) is 0 Å². The minimum absolute atomic E-state index is 0.267. The second-order valence-corrected chi connectivity index (χ2v) is 6.35. The summed E-state index contributed by atoms with van der Waals surface area (Å²) in [6, 6.07) is 4.45. The van der Waals surface area contributed by atoms with E-state index in [9.17, 15) is 9.50 Å². The normalized spacial score (nSPS) is 37.8. The molecule has 1 N–H and O–H groups in total. The minimum Gasteiger partial charge on any atom is -0.487 e. The van der Waals surface area contributed by atoms with Crippen LogP contribution < -0.4 is 4.74 Å². The van der Waals surface area contributed by atoms with Crippen molar-refractivity contribution >= 4 is 0 Å². The minimum atomic E-state index is -0.615. The molecule has 4 atom stereocenters. The molecule has 3 rings (SSSR count). The molecule has 0 saturated heterocycles. The Bertz CT molecular complexity index is 488. The van der Waals surface area contributed by atoms with Gasteiger partial charge < -0.3 is 9.84 Å². The van der Waals surface area contributed by atoms with E-state index in [0.29, 0.717) is 23.7 Å². The number of aliphatic hydroxyl groups is 1. The summed E-state index contributed by atoms with van der Waals surface area (Å²) in [4.78, 5) is 0. The Balaban J connectivity index is 1.94. The Morgan fingerprint density at radius 3 is 2.89 bits per heavy atom. The van der Waals surface area contributed by atoms with E-state index in [0.717, 1.165) is 25.2 Å². The SMILES string of the molecule is CC1CCC2(C[C@H](O)c3cc(F)ccc3O2)C(C)C1. The second kappa shape index (κ2) is 4.48. The lowest BCUT2D eigenvalue weighted by Gasteiger charge is -2.48. The van der Waals surface area contributed by atoms with Crippen molar-refractivity contribution in [1.82, 2.24) is 0 Å². The van der Waals surface area contributed by atoms with Crippen LogP contribution >= 0.6 is 0 Å². The van der Waals surface area contributed by atoms with Crippen molar-refractivity contribution in [2.75, 3.05) is 0 Å². The molecule has 0 bridgehead atoms. The van der Waals surface area contributed by atoms with Crippen molar-refractivity contribution in [2.24, 2.45) is 11.8 Å². The molecule has 2 nitrogen and oxygen atoms in total. The van der Waals surface area contributed by atoms with E-state index in [1.807, 2.05) is 0 Å². The molecule has 0 aromatic heterocycles. The van der Waals surface area contributed by atoms with Crippen LogP contribution in [0.25, 0.3) is 0 Å². The van der Waals surface area contributed by atoms with E-state index in [-0.39, 0.29) is 11.4 Å². The Morgan fingerprint density at radius 2 is 2.16 bits per heavy atom. The lowest BCUT2D eigenvalue weighted by Crippen LogP contribution is -2.49. The summed E-state index contributed by atoms with van der Waals surface area (Å²) in [5, 5.41) is 10.3. The van der Waals surface area contributed by atoms with Crippen LogP contribution in [0.3, 0.4) is 0 Å². The van der Waals surface area contributed by atoms with Gasteiger partial charge in [-0.05, 0) is 49.3 Å². The van der Waals surface area contributed by atoms with Gasteiger partial charge in [0.25, 0.3) is 0 Å². The quantitative estimate of drug-likeness (QED) is 0.771. The molecule has 1 aliphatic carbocycles. The smallest absolute Gasteiger partial charge is 0.126 e. The van der Waals surface area contributed by atoms with Crippen LogP contribution in [-0.2, 0) is 0 Å². The van der Waals surface area contributed by atoms with Crippen molar-refractivity contribution < 1.29 is 14.2 Å². The van der Waals surface area contributed by atoms with E-state index in [2.05, 4.69) is 13.8 Å². The first-order chi connectivity index (χ1) is 9.00. The zero-order valence-electron chi connectivity index (χ0n) is 11.5. The van der Waals surface area contributed by atoms with Gasteiger partial charge in [0.05, 0.1) is 6.10 Å². The molecule has 3 unspecified atom stereocenters. The highest BCUT2D eigenvalue weighted by Crippen LogP contribution is 2.49. The average molecular weight is 264 g/mol. The van der Waals surface area contributed by atoms with Crippen molar-refractivity contribution in [3.05, 3.63) is 29.6 Å². The monoisotopic (exact) mass is 264 g/mol. The Morgan fingerprint density at radius 1 is 1.37 bits per heavy atom. The largest absolute Gasteiger partial charge is 0.487 e. The van der Waals surface area contributed by atoms with Crippen molar-refractivity contribution in [2.45, 2.75) is 51.2 Å². The standard InChI is InChI=1S/C16H21FO2/c1-10-5-6-16(11(2)7-10)9-14(18)13-8-12(17)3-4-15(13)19-16/h3-4,8,10-11,14,18H,5-7,9H2,1-2H3/t10?,11?,14-,16?/m0/s1. The summed E-state index contributed by atoms with van der Waals surface area (Å²) in [6.07, 6.45) is 3.20. The van der Waals surface area contributed by atoms with Crippen LogP contribution in [0.2, 0.25) is 0 Å². The molecule has 1 aliphatic heterocycles. The number of halogens is 1. The number of rotatable bonds is 0. The third-order valence-corrected chi connectivity index (χ3v) is 4.90. The van der Waals surface area contributed by atoms with E-state index < -0.39 is 6.10 Å². The van der Waals surface area contributed by atoms with Gasteiger partial charge in [-0.25, -0.2) is 4.39 Å². The second-order valence-electron chi connectivity index (χ2n) is 6.35. The van der Waals surface area contributed by atoms with Crippen LogP contribution in [0.4, 0.5) is 4.39 Å². The maximum Gasteiger partial charge on any atom is 0.126 e. The molecular weight excluding hydrogens is 243 g/mol. The molecule has 3 heteroatoms. The topological polar surface area (TPSA) is 29.5 Å². The molecule has 1 aromatic rings. The third kappa shape index (κ3) is 2.14. The first kappa shape index (κ1) is 12.9. The average Bonchev–Trinajstić information content (AvgIpc) is 2.36. The van der Waals surface area contributed by atoms with Crippen LogP contribution in [0, 0.1) is 17.7 Å². The Labute approximate surface area is 113 Å². The lowest BCUT2D eigenvalue weighted by atomic mass is 9.68. The molecule has 2 aliphatic rings. The molecule has 1 aromatic carbocycles. The van der Waals surface area contributed by atoms with Crippen LogP contribution in [0.5, 0.6) is 5.75 Å². The fourth-order valence-corrected chi connectivity index (χ4v) is 3.70. The molecule has 0 radical (unpaired) electrons. The van der Waals surface area contributed by atoms with Gasteiger partial charge in [0.2, 0.25) is 0 Å². The molecule has 1 fully saturated rings. The van der Waals surface area contributed by atoms with E-state index in [1.54, 1.807) is 6.07 Å². The van der Waals surface area contributed by atoms with Gasteiger partial charge in [0, 0.05) is 12.0 Å². The fourth-order valence-electron chi connectivity index (χ4n) is 3.70. The number of hydrogen-bond donors (Lipinski definition) is 1. The van der Waals surface area contributed by atoms with Gasteiger partial charge in [-0.2, -0.15) is 0 Å².